The highest BCUT2D eigenvalue weighted by Crippen LogP contribution is 2.21. The van der Waals surface area contributed by atoms with Crippen molar-refractivity contribution >= 4 is 23.6 Å². The number of hydrogen-bond donors (Lipinski definition) is 0. The molecule has 1 aliphatic rings. The summed E-state index contributed by atoms with van der Waals surface area (Å²) < 4.78 is 4.72. The van der Waals surface area contributed by atoms with Crippen molar-refractivity contribution in [1.82, 2.24) is 14.7 Å². The Balaban J connectivity index is 1.86. The summed E-state index contributed by atoms with van der Waals surface area (Å²) in [6.07, 6.45) is -0.311. The van der Waals surface area contributed by atoms with E-state index >= 15 is 0 Å². The molecule has 1 unspecified atom stereocenters. The fourth-order valence-corrected chi connectivity index (χ4v) is 2.83. The number of carbonyl (C=O) groups excluding carboxylic acids is 2. The number of methoxy groups -OCH3 is 1. The smallest absolute Gasteiger partial charge is 0.409 e. The van der Waals surface area contributed by atoms with Crippen LogP contribution < -0.4 is 0 Å². The molecule has 0 N–H and O–H groups in total. The molecule has 0 bridgehead atoms. The number of rotatable bonds is 4. The minimum Gasteiger partial charge on any atom is -0.453 e. The van der Waals surface area contributed by atoms with E-state index in [0.717, 1.165) is 5.56 Å². The molecule has 0 spiro atoms. The Kier molecular flexibility index (Phi) is 6.45. The fraction of sp³-hybridized carbons (Fsp3) is 0.529. The molecule has 0 saturated carbocycles. The molecular formula is C17H24ClN3O3. The molecule has 0 aromatic heterocycles. The molecule has 1 heterocycles. The maximum Gasteiger partial charge on any atom is 0.409 e. The van der Waals surface area contributed by atoms with Gasteiger partial charge >= 0.3 is 6.09 Å². The van der Waals surface area contributed by atoms with Gasteiger partial charge < -0.3 is 14.5 Å². The molecule has 6 nitrogen and oxygen atoms in total. The Labute approximate surface area is 147 Å². The molecular weight excluding hydrogens is 330 g/mol. The minimum absolute atomic E-state index is 0.0221. The third-order valence-corrected chi connectivity index (χ3v) is 4.74. The van der Waals surface area contributed by atoms with E-state index in [1.807, 2.05) is 38.2 Å². The normalized spacial score (nSPS) is 16.6. The van der Waals surface area contributed by atoms with E-state index < -0.39 is 0 Å². The van der Waals surface area contributed by atoms with Gasteiger partial charge in [0.1, 0.15) is 0 Å². The quantitative estimate of drug-likeness (QED) is 0.833. The Morgan fingerprint density at radius 3 is 2.33 bits per heavy atom. The summed E-state index contributed by atoms with van der Waals surface area (Å²) >= 11 is 5.91. The standard InChI is InChI=1S/C17H24ClN3O3/c1-13(14-4-6-15(18)7-5-14)19(2)16(22)12-20-8-10-21(11-9-20)17(23)24-3/h4-7,13H,8-12H2,1-3H3. The maximum absolute atomic E-state index is 12.5. The van der Waals surface area contributed by atoms with E-state index in [2.05, 4.69) is 4.90 Å². The van der Waals surface area contributed by atoms with Crippen molar-refractivity contribution in [3.8, 4) is 0 Å². The molecule has 2 amide bonds. The van der Waals surface area contributed by atoms with Crippen LogP contribution >= 0.6 is 11.6 Å². The number of carbonyl (C=O) groups is 2. The van der Waals surface area contributed by atoms with Gasteiger partial charge in [0.05, 0.1) is 19.7 Å². The maximum atomic E-state index is 12.5. The summed E-state index contributed by atoms with van der Waals surface area (Å²) in [5, 5.41) is 0.684. The van der Waals surface area contributed by atoms with E-state index in [-0.39, 0.29) is 18.0 Å². The third-order valence-electron chi connectivity index (χ3n) is 4.49. The number of halogens is 1. The summed E-state index contributed by atoms with van der Waals surface area (Å²) in [6.45, 7) is 4.85. The van der Waals surface area contributed by atoms with Crippen LogP contribution in [-0.4, -0.2) is 73.6 Å². The number of hydrogen-bond acceptors (Lipinski definition) is 4. The van der Waals surface area contributed by atoms with Crippen LogP contribution in [0.1, 0.15) is 18.5 Å². The molecule has 0 aliphatic carbocycles. The second-order valence-electron chi connectivity index (χ2n) is 5.97. The average molecular weight is 354 g/mol. The lowest BCUT2D eigenvalue weighted by atomic mass is 10.1. The van der Waals surface area contributed by atoms with Crippen LogP contribution in [0.2, 0.25) is 5.02 Å². The number of piperazine rings is 1. The van der Waals surface area contributed by atoms with E-state index in [9.17, 15) is 9.59 Å². The van der Waals surface area contributed by atoms with E-state index in [1.54, 1.807) is 9.80 Å². The lowest BCUT2D eigenvalue weighted by molar-refractivity contribution is -0.133. The zero-order valence-electron chi connectivity index (χ0n) is 14.4. The first-order valence-corrected chi connectivity index (χ1v) is 8.36. The number of ether oxygens (including phenoxy) is 1. The van der Waals surface area contributed by atoms with Crippen LogP contribution in [0.4, 0.5) is 4.79 Å². The van der Waals surface area contributed by atoms with Crippen molar-refractivity contribution in [3.63, 3.8) is 0 Å². The number of amides is 2. The molecule has 1 fully saturated rings. The second-order valence-corrected chi connectivity index (χ2v) is 6.40. The monoisotopic (exact) mass is 353 g/mol. The summed E-state index contributed by atoms with van der Waals surface area (Å²) in [4.78, 5) is 29.5. The molecule has 24 heavy (non-hydrogen) atoms. The first-order valence-electron chi connectivity index (χ1n) is 7.98. The van der Waals surface area contributed by atoms with Gasteiger partial charge in [-0.1, -0.05) is 23.7 Å². The summed E-state index contributed by atoms with van der Waals surface area (Å²) in [5.74, 6) is 0.0592. The zero-order chi connectivity index (χ0) is 17.7. The number of nitrogens with zero attached hydrogens (tertiary/aromatic N) is 3. The molecule has 1 saturated heterocycles. The molecule has 132 valence electrons. The highest BCUT2D eigenvalue weighted by atomic mass is 35.5. The molecule has 7 heteroatoms. The van der Waals surface area contributed by atoms with Crippen molar-refractivity contribution in [3.05, 3.63) is 34.9 Å². The van der Waals surface area contributed by atoms with Crippen LogP contribution in [0.25, 0.3) is 0 Å². The van der Waals surface area contributed by atoms with E-state index in [1.165, 1.54) is 7.11 Å². The Hall–Kier alpha value is -1.79. The van der Waals surface area contributed by atoms with Gasteiger partial charge in [-0.15, -0.1) is 0 Å². The number of benzene rings is 1. The summed E-state index contributed by atoms with van der Waals surface area (Å²) in [7, 11) is 3.19. The van der Waals surface area contributed by atoms with Crippen molar-refractivity contribution in [2.24, 2.45) is 0 Å². The Bertz CT molecular complexity index is 571. The zero-order valence-corrected chi connectivity index (χ0v) is 15.1. The van der Waals surface area contributed by atoms with Gasteiger partial charge in [-0.3, -0.25) is 9.69 Å². The average Bonchev–Trinajstić information content (AvgIpc) is 2.61. The molecule has 1 atom stereocenters. The van der Waals surface area contributed by atoms with Crippen LogP contribution in [0.5, 0.6) is 0 Å². The van der Waals surface area contributed by atoms with Crippen LogP contribution in [0, 0.1) is 0 Å². The first-order chi connectivity index (χ1) is 11.4. The first kappa shape index (κ1) is 18.5. The van der Waals surface area contributed by atoms with Crippen molar-refractivity contribution in [1.29, 1.82) is 0 Å². The lowest BCUT2D eigenvalue weighted by Gasteiger charge is -2.35. The van der Waals surface area contributed by atoms with Gasteiger partial charge in [-0.2, -0.15) is 0 Å². The lowest BCUT2D eigenvalue weighted by Crippen LogP contribution is -2.51. The van der Waals surface area contributed by atoms with Gasteiger partial charge in [0.15, 0.2) is 0 Å². The van der Waals surface area contributed by atoms with Gasteiger partial charge in [-0.25, -0.2) is 4.79 Å². The third kappa shape index (κ3) is 4.61. The highest BCUT2D eigenvalue weighted by molar-refractivity contribution is 6.30. The van der Waals surface area contributed by atoms with E-state index in [0.29, 0.717) is 37.7 Å². The predicted octanol–water partition coefficient (Wildman–Crippen LogP) is 2.24. The Morgan fingerprint density at radius 1 is 1.21 bits per heavy atom. The minimum atomic E-state index is -0.311. The van der Waals surface area contributed by atoms with Gasteiger partial charge in [0.25, 0.3) is 0 Å². The van der Waals surface area contributed by atoms with Crippen molar-refractivity contribution in [2.45, 2.75) is 13.0 Å². The largest absolute Gasteiger partial charge is 0.453 e. The van der Waals surface area contributed by atoms with Crippen LogP contribution in [-0.2, 0) is 9.53 Å². The second kappa shape index (κ2) is 8.35. The van der Waals surface area contributed by atoms with Gasteiger partial charge in [0, 0.05) is 38.2 Å². The summed E-state index contributed by atoms with van der Waals surface area (Å²) in [5.41, 5.74) is 1.05. The topological polar surface area (TPSA) is 53.1 Å². The number of likely N-dealkylation sites (N-methyl/N-ethyl adjacent to an activating group) is 1. The van der Waals surface area contributed by atoms with Crippen LogP contribution in [0.3, 0.4) is 0 Å². The molecule has 2 rings (SSSR count). The highest BCUT2D eigenvalue weighted by Gasteiger charge is 2.25. The molecule has 1 aliphatic heterocycles. The van der Waals surface area contributed by atoms with Gasteiger partial charge in [0.2, 0.25) is 5.91 Å². The van der Waals surface area contributed by atoms with Crippen molar-refractivity contribution < 1.29 is 14.3 Å². The van der Waals surface area contributed by atoms with Gasteiger partial charge in [-0.05, 0) is 24.6 Å². The van der Waals surface area contributed by atoms with E-state index in [4.69, 9.17) is 16.3 Å². The SMILES string of the molecule is COC(=O)N1CCN(CC(=O)N(C)C(C)c2ccc(Cl)cc2)CC1. The summed E-state index contributed by atoms with van der Waals surface area (Å²) in [6, 6.07) is 7.51. The molecule has 1 aromatic rings. The fourth-order valence-electron chi connectivity index (χ4n) is 2.70. The predicted molar refractivity (Wildman–Crippen MR) is 93.1 cm³/mol. The Morgan fingerprint density at radius 2 is 1.79 bits per heavy atom. The van der Waals surface area contributed by atoms with Crippen molar-refractivity contribution in [2.75, 3.05) is 46.9 Å². The molecule has 1 aromatic carbocycles. The van der Waals surface area contributed by atoms with Crippen LogP contribution in [0.15, 0.2) is 24.3 Å². The molecule has 0 radical (unpaired) electrons.